The van der Waals surface area contributed by atoms with Crippen molar-refractivity contribution in [1.29, 1.82) is 0 Å². The van der Waals surface area contributed by atoms with Gasteiger partial charge in [0.05, 0.1) is 5.69 Å². The Morgan fingerprint density at radius 3 is 2.62 bits per heavy atom. The number of rotatable bonds is 3. The Morgan fingerprint density at radius 1 is 1.46 bits per heavy atom. The van der Waals surface area contributed by atoms with Crippen LogP contribution >= 0.6 is 0 Å². The highest BCUT2D eigenvalue weighted by Gasteiger charge is 2.18. The summed E-state index contributed by atoms with van der Waals surface area (Å²) in [6, 6.07) is 1.97. The van der Waals surface area contributed by atoms with Crippen LogP contribution < -0.4 is 0 Å². The van der Waals surface area contributed by atoms with Gasteiger partial charge in [-0.15, -0.1) is 0 Å². The lowest BCUT2D eigenvalue weighted by molar-refractivity contribution is 0.279. The first-order chi connectivity index (χ1) is 6.04. The third kappa shape index (κ3) is 2.84. The number of aliphatic hydroxyl groups excluding tert-OH is 1. The molecular formula is C10H17NO2. The van der Waals surface area contributed by atoms with Crippen molar-refractivity contribution in [1.82, 2.24) is 5.16 Å². The van der Waals surface area contributed by atoms with E-state index >= 15 is 0 Å². The topological polar surface area (TPSA) is 46.3 Å². The zero-order valence-corrected chi connectivity index (χ0v) is 8.50. The van der Waals surface area contributed by atoms with Crippen LogP contribution in [0.15, 0.2) is 10.6 Å². The molecule has 0 bridgehead atoms. The molecule has 0 spiro atoms. The first-order valence-corrected chi connectivity index (χ1v) is 4.61. The summed E-state index contributed by atoms with van der Waals surface area (Å²) in [7, 11) is 0. The van der Waals surface area contributed by atoms with Crippen LogP contribution in [0.5, 0.6) is 0 Å². The minimum absolute atomic E-state index is 0.0426. The van der Waals surface area contributed by atoms with Crippen molar-refractivity contribution in [2.45, 2.75) is 39.0 Å². The Bertz CT molecular complexity index is 260. The van der Waals surface area contributed by atoms with Gasteiger partial charge in [-0.3, -0.25) is 0 Å². The molecule has 3 heteroatoms. The van der Waals surface area contributed by atoms with Crippen LogP contribution in [0.25, 0.3) is 0 Å². The van der Waals surface area contributed by atoms with Gasteiger partial charge in [0.2, 0.25) is 0 Å². The molecule has 1 rings (SSSR count). The summed E-state index contributed by atoms with van der Waals surface area (Å²) in [5.74, 6) is 0.860. The van der Waals surface area contributed by atoms with Crippen molar-refractivity contribution >= 4 is 0 Å². The van der Waals surface area contributed by atoms with E-state index in [9.17, 15) is 0 Å². The molecule has 1 aromatic rings. The van der Waals surface area contributed by atoms with Crippen molar-refractivity contribution in [2.75, 3.05) is 6.61 Å². The summed E-state index contributed by atoms with van der Waals surface area (Å²) < 4.78 is 5.13. The predicted octanol–water partition coefficient (Wildman–Crippen LogP) is 1.90. The fourth-order valence-electron chi connectivity index (χ4n) is 1.04. The number of nitrogens with zero attached hydrogens (tertiary/aromatic N) is 1. The highest BCUT2D eigenvalue weighted by molar-refractivity contribution is 5.13. The normalized spacial score (nSPS) is 12.0. The quantitative estimate of drug-likeness (QED) is 0.778. The molecule has 0 aliphatic rings. The van der Waals surface area contributed by atoms with Crippen molar-refractivity contribution in [2.24, 2.45) is 0 Å². The summed E-state index contributed by atoms with van der Waals surface area (Å²) in [6.07, 6.45) is 1.50. The van der Waals surface area contributed by atoms with E-state index in [4.69, 9.17) is 9.63 Å². The van der Waals surface area contributed by atoms with E-state index in [0.29, 0.717) is 0 Å². The van der Waals surface area contributed by atoms with Gasteiger partial charge in [-0.1, -0.05) is 25.9 Å². The third-order valence-electron chi connectivity index (χ3n) is 1.91. The third-order valence-corrected chi connectivity index (χ3v) is 1.91. The summed E-state index contributed by atoms with van der Waals surface area (Å²) in [4.78, 5) is 0. The molecule has 0 aromatic carbocycles. The number of aromatic nitrogens is 1. The fraction of sp³-hybridized carbons (Fsp3) is 0.700. The minimum atomic E-state index is 0.0426. The second-order valence-corrected chi connectivity index (χ2v) is 4.26. The smallest absolute Gasteiger partial charge is 0.137 e. The van der Waals surface area contributed by atoms with Crippen LogP contribution in [0.3, 0.4) is 0 Å². The van der Waals surface area contributed by atoms with Gasteiger partial charge in [0.15, 0.2) is 0 Å². The molecule has 13 heavy (non-hydrogen) atoms. The second-order valence-electron chi connectivity index (χ2n) is 4.26. The van der Waals surface area contributed by atoms with Crippen LogP contribution in [0, 0.1) is 0 Å². The largest absolute Gasteiger partial charge is 0.396 e. The lowest BCUT2D eigenvalue weighted by Gasteiger charge is -2.12. The zero-order valence-electron chi connectivity index (χ0n) is 8.50. The van der Waals surface area contributed by atoms with Gasteiger partial charge >= 0.3 is 0 Å². The molecule has 1 aromatic heterocycles. The molecule has 3 nitrogen and oxygen atoms in total. The highest BCUT2D eigenvalue weighted by atomic mass is 16.5. The Labute approximate surface area is 78.7 Å². The van der Waals surface area contributed by atoms with Gasteiger partial charge < -0.3 is 9.63 Å². The zero-order chi connectivity index (χ0) is 9.90. The van der Waals surface area contributed by atoms with Crippen LogP contribution in [0.1, 0.15) is 38.6 Å². The number of aliphatic hydroxyl groups is 1. The Hall–Kier alpha value is -0.830. The van der Waals surface area contributed by atoms with E-state index in [0.717, 1.165) is 24.3 Å². The van der Waals surface area contributed by atoms with E-state index in [-0.39, 0.29) is 12.0 Å². The van der Waals surface area contributed by atoms with Crippen molar-refractivity contribution < 1.29 is 9.63 Å². The van der Waals surface area contributed by atoms with Crippen molar-refractivity contribution in [3.8, 4) is 0 Å². The maximum Gasteiger partial charge on any atom is 0.137 e. The van der Waals surface area contributed by atoms with E-state index in [1.165, 1.54) is 0 Å². The molecule has 0 saturated heterocycles. The molecule has 0 saturated carbocycles. The standard InChI is InChI=1S/C10H17NO2/c1-10(2,3)9-7-8(13-11-9)5-4-6-12/h7,12H,4-6H2,1-3H3. The number of aryl methyl sites for hydroxylation is 1. The van der Waals surface area contributed by atoms with E-state index in [1.54, 1.807) is 0 Å². The molecule has 1 heterocycles. The molecule has 0 amide bonds. The van der Waals surface area contributed by atoms with Gasteiger partial charge in [0.25, 0.3) is 0 Å². The summed E-state index contributed by atoms with van der Waals surface area (Å²) in [5, 5.41) is 12.6. The maximum absolute atomic E-state index is 8.63. The Kier molecular flexibility index (Phi) is 3.09. The molecule has 0 aliphatic heterocycles. The average Bonchev–Trinajstić information content (AvgIpc) is 2.47. The first kappa shape index (κ1) is 10.3. The lowest BCUT2D eigenvalue weighted by atomic mass is 9.92. The molecule has 0 atom stereocenters. The molecular weight excluding hydrogens is 166 g/mol. The van der Waals surface area contributed by atoms with Gasteiger partial charge in [0, 0.05) is 24.5 Å². The maximum atomic E-state index is 8.63. The fourth-order valence-corrected chi connectivity index (χ4v) is 1.04. The molecule has 0 aliphatic carbocycles. The summed E-state index contributed by atoms with van der Waals surface area (Å²) in [5.41, 5.74) is 1.02. The molecule has 1 N–H and O–H groups in total. The summed E-state index contributed by atoms with van der Waals surface area (Å²) in [6.45, 7) is 6.49. The van der Waals surface area contributed by atoms with Crippen LogP contribution in [0.2, 0.25) is 0 Å². The van der Waals surface area contributed by atoms with Crippen LogP contribution in [-0.4, -0.2) is 16.9 Å². The van der Waals surface area contributed by atoms with Gasteiger partial charge in [-0.25, -0.2) is 0 Å². The van der Waals surface area contributed by atoms with Crippen LogP contribution in [-0.2, 0) is 11.8 Å². The van der Waals surface area contributed by atoms with E-state index in [2.05, 4.69) is 25.9 Å². The van der Waals surface area contributed by atoms with Gasteiger partial charge in [-0.2, -0.15) is 0 Å². The highest BCUT2D eigenvalue weighted by Crippen LogP contribution is 2.21. The van der Waals surface area contributed by atoms with E-state index < -0.39 is 0 Å². The molecule has 0 fully saturated rings. The van der Waals surface area contributed by atoms with E-state index in [1.807, 2.05) is 6.07 Å². The number of hydrogen-bond donors (Lipinski definition) is 1. The number of hydrogen-bond acceptors (Lipinski definition) is 3. The summed E-state index contributed by atoms with van der Waals surface area (Å²) >= 11 is 0. The predicted molar refractivity (Wildman–Crippen MR) is 50.6 cm³/mol. The Balaban J connectivity index is 2.64. The Morgan fingerprint density at radius 2 is 2.15 bits per heavy atom. The molecule has 0 radical (unpaired) electrons. The molecule has 74 valence electrons. The minimum Gasteiger partial charge on any atom is -0.396 e. The molecule has 0 unspecified atom stereocenters. The second kappa shape index (κ2) is 3.92. The van der Waals surface area contributed by atoms with Crippen molar-refractivity contribution in [3.05, 3.63) is 17.5 Å². The first-order valence-electron chi connectivity index (χ1n) is 4.61. The van der Waals surface area contributed by atoms with Crippen LogP contribution in [0.4, 0.5) is 0 Å². The van der Waals surface area contributed by atoms with Crippen molar-refractivity contribution in [3.63, 3.8) is 0 Å². The van der Waals surface area contributed by atoms with Gasteiger partial charge in [0.1, 0.15) is 5.76 Å². The van der Waals surface area contributed by atoms with Gasteiger partial charge in [-0.05, 0) is 6.42 Å². The lowest BCUT2D eigenvalue weighted by Crippen LogP contribution is -2.10. The average molecular weight is 183 g/mol. The monoisotopic (exact) mass is 183 g/mol. The SMILES string of the molecule is CC(C)(C)c1cc(CCCO)on1.